The van der Waals surface area contributed by atoms with Crippen LogP contribution in [0.4, 0.5) is 5.69 Å². The number of nitro benzene ring substituents is 1. The zero-order valence-corrected chi connectivity index (χ0v) is 13.4. The van der Waals surface area contributed by atoms with Crippen molar-refractivity contribution in [1.82, 2.24) is 9.97 Å². The molecule has 24 heavy (non-hydrogen) atoms. The van der Waals surface area contributed by atoms with Crippen LogP contribution in [0, 0.1) is 10.1 Å². The second-order valence-corrected chi connectivity index (χ2v) is 6.43. The zero-order valence-electron chi connectivity index (χ0n) is 12.6. The summed E-state index contributed by atoms with van der Waals surface area (Å²) in [4.78, 5) is 18.2. The van der Waals surface area contributed by atoms with E-state index in [0.717, 1.165) is 21.8 Å². The summed E-state index contributed by atoms with van der Waals surface area (Å²) in [5, 5.41) is 13.9. The maximum Gasteiger partial charge on any atom is 0.269 e. The minimum atomic E-state index is -0.388. The Labute approximate surface area is 141 Å². The molecule has 3 aromatic carbocycles. The van der Waals surface area contributed by atoms with E-state index in [9.17, 15) is 10.1 Å². The topological polar surface area (TPSA) is 71.8 Å². The number of aromatic amines is 1. The van der Waals surface area contributed by atoms with Crippen molar-refractivity contribution < 1.29 is 4.92 Å². The molecule has 1 heterocycles. The smallest absolute Gasteiger partial charge is 0.269 e. The van der Waals surface area contributed by atoms with E-state index in [2.05, 4.69) is 34.2 Å². The number of non-ortho nitro benzene ring substituents is 1. The molecule has 6 heteroatoms. The van der Waals surface area contributed by atoms with E-state index in [1.54, 1.807) is 23.9 Å². The first-order valence-electron chi connectivity index (χ1n) is 7.44. The second-order valence-electron chi connectivity index (χ2n) is 5.47. The van der Waals surface area contributed by atoms with Crippen molar-refractivity contribution in [2.45, 2.75) is 10.9 Å². The Kier molecular flexibility index (Phi) is 3.66. The van der Waals surface area contributed by atoms with Crippen LogP contribution in [0.3, 0.4) is 0 Å². The summed E-state index contributed by atoms with van der Waals surface area (Å²) in [6.45, 7) is 0. The van der Waals surface area contributed by atoms with Crippen molar-refractivity contribution in [2.75, 3.05) is 0 Å². The lowest BCUT2D eigenvalue weighted by molar-refractivity contribution is -0.384. The average Bonchev–Trinajstić information content (AvgIpc) is 3.00. The van der Waals surface area contributed by atoms with E-state index in [4.69, 9.17) is 0 Å². The van der Waals surface area contributed by atoms with E-state index in [-0.39, 0.29) is 10.6 Å². The molecule has 0 aliphatic carbocycles. The first-order valence-corrected chi connectivity index (χ1v) is 8.42. The van der Waals surface area contributed by atoms with Crippen LogP contribution in [0.5, 0.6) is 0 Å². The molecule has 5 nitrogen and oxygen atoms in total. The number of hydrogen-bond donors (Lipinski definition) is 1. The minimum Gasteiger partial charge on any atom is -0.333 e. The van der Waals surface area contributed by atoms with Gasteiger partial charge in [0.1, 0.15) is 0 Å². The summed E-state index contributed by atoms with van der Waals surface area (Å²) < 4.78 is 0. The van der Waals surface area contributed by atoms with Crippen LogP contribution in [0.15, 0.2) is 65.8 Å². The number of aromatic nitrogens is 2. The Hall–Kier alpha value is -2.86. The number of nitrogens with zero attached hydrogens (tertiary/aromatic N) is 2. The number of thioether (sulfide) groups is 1. The first-order chi connectivity index (χ1) is 11.7. The van der Waals surface area contributed by atoms with Gasteiger partial charge in [-0.3, -0.25) is 10.1 Å². The Morgan fingerprint density at radius 3 is 2.46 bits per heavy atom. The molecule has 118 valence electrons. The monoisotopic (exact) mass is 335 g/mol. The molecule has 0 aliphatic rings. The summed E-state index contributed by atoms with van der Waals surface area (Å²) in [6.07, 6.45) is 0. The van der Waals surface area contributed by atoms with E-state index < -0.39 is 0 Å². The Morgan fingerprint density at radius 2 is 1.75 bits per heavy atom. The molecule has 0 fully saturated rings. The molecule has 4 rings (SSSR count). The summed E-state index contributed by atoms with van der Waals surface area (Å²) in [6, 6.07) is 19.0. The Bertz CT molecular complexity index is 989. The average molecular weight is 335 g/mol. The molecule has 0 unspecified atom stereocenters. The van der Waals surface area contributed by atoms with E-state index >= 15 is 0 Å². The number of hydrogen-bond acceptors (Lipinski definition) is 4. The largest absolute Gasteiger partial charge is 0.333 e. The van der Waals surface area contributed by atoms with Crippen LogP contribution in [0.1, 0.15) is 5.56 Å². The molecular weight excluding hydrogens is 322 g/mol. The molecule has 1 N–H and O–H groups in total. The third kappa shape index (κ3) is 2.83. The van der Waals surface area contributed by atoms with Crippen LogP contribution in [0.2, 0.25) is 0 Å². The van der Waals surface area contributed by atoms with Crippen LogP contribution in [0.25, 0.3) is 21.8 Å². The Morgan fingerprint density at radius 1 is 1.04 bits per heavy atom. The molecule has 0 spiro atoms. The predicted octanol–water partition coefficient (Wildman–Crippen LogP) is 4.92. The fourth-order valence-electron chi connectivity index (χ4n) is 2.61. The van der Waals surface area contributed by atoms with E-state index in [1.165, 1.54) is 22.9 Å². The minimum absolute atomic E-state index is 0.110. The van der Waals surface area contributed by atoms with E-state index in [0.29, 0.717) is 5.75 Å². The molecule has 4 aromatic rings. The van der Waals surface area contributed by atoms with Gasteiger partial charge in [-0.05, 0) is 28.5 Å². The fraction of sp³-hybridized carbons (Fsp3) is 0.0556. The van der Waals surface area contributed by atoms with Crippen molar-refractivity contribution >= 4 is 39.3 Å². The fourth-order valence-corrected chi connectivity index (χ4v) is 3.45. The van der Waals surface area contributed by atoms with Gasteiger partial charge in [-0.25, -0.2) is 4.98 Å². The highest BCUT2D eigenvalue weighted by Gasteiger charge is 2.07. The SMILES string of the molecule is O=[N+]([O-])c1ccc(CSc2nc3cc4ccccc4cc3[nH]2)cc1. The van der Waals surface area contributed by atoms with Crippen molar-refractivity contribution in [1.29, 1.82) is 0 Å². The number of benzene rings is 3. The molecule has 0 saturated carbocycles. The molecule has 0 atom stereocenters. The summed E-state index contributed by atoms with van der Waals surface area (Å²) in [5.41, 5.74) is 3.09. The van der Waals surface area contributed by atoms with Crippen molar-refractivity contribution in [2.24, 2.45) is 0 Å². The van der Waals surface area contributed by atoms with Crippen molar-refractivity contribution in [3.8, 4) is 0 Å². The lowest BCUT2D eigenvalue weighted by Crippen LogP contribution is -1.88. The zero-order chi connectivity index (χ0) is 16.5. The molecule has 0 radical (unpaired) electrons. The number of nitrogens with one attached hydrogen (secondary N) is 1. The second kappa shape index (κ2) is 5.98. The van der Waals surface area contributed by atoms with Gasteiger partial charge in [0, 0.05) is 17.9 Å². The number of nitro groups is 1. The molecule has 0 aliphatic heterocycles. The highest BCUT2D eigenvalue weighted by molar-refractivity contribution is 7.98. The maximum atomic E-state index is 10.7. The summed E-state index contributed by atoms with van der Waals surface area (Å²) in [7, 11) is 0. The van der Waals surface area contributed by atoms with Gasteiger partial charge >= 0.3 is 0 Å². The molecule has 0 amide bonds. The third-order valence-electron chi connectivity index (χ3n) is 3.85. The Balaban J connectivity index is 1.56. The van der Waals surface area contributed by atoms with E-state index in [1.807, 2.05) is 12.1 Å². The van der Waals surface area contributed by atoms with Gasteiger partial charge in [-0.15, -0.1) is 0 Å². The molecular formula is C18H13N3O2S. The van der Waals surface area contributed by atoms with Gasteiger partial charge in [0.25, 0.3) is 5.69 Å². The van der Waals surface area contributed by atoms with Crippen LogP contribution in [-0.2, 0) is 5.75 Å². The number of fused-ring (bicyclic) bond motifs is 2. The highest BCUT2D eigenvalue weighted by atomic mass is 32.2. The van der Waals surface area contributed by atoms with Gasteiger partial charge in [0.15, 0.2) is 5.16 Å². The van der Waals surface area contributed by atoms with Gasteiger partial charge in [0.2, 0.25) is 0 Å². The number of imidazole rings is 1. The summed E-state index contributed by atoms with van der Waals surface area (Å²) in [5.74, 6) is 0.706. The molecule has 0 saturated heterocycles. The van der Waals surface area contributed by atoms with Crippen molar-refractivity contribution in [3.05, 3.63) is 76.3 Å². The van der Waals surface area contributed by atoms with Gasteiger partial charge in [-0.2, -0.15) is 0 Å². The molecule has 0 bridgehead atoms. The van der Waals surface area contributed by atoms with Gasteiger partial charge < -0.3 is 4.98 Å². The number of rotatable bonds is 4. The van der Waals surface area contributed by atoms with Crippen molar-refractivity contribution in [3.63, 3.8) is 0 Å². The van der Waals surface area contributed by atoms with Gasteiger partial charge in [0.05, 0.1) is 16.0 Å². The first kappa shape index (κ1) is 14.7. The lowest BCUT2D eigenvalue weighted by atomic mass is 10.1. The van der Waals surface area contributed by atoms with Crippen LogP contribution >= 0.6 is 11.8 Å². The normalized spacial score (nSPS) is 11.2. The third-order valence-corrected chi connectivity index (χ3v) is 4.79. The number of H-pyrrole nitrogens is 1. The predicted molar refractivity (Wildman–Crippen MR) is 96.3 cm³/mol. The van der Waals surface area contributed by atoms with Crippen LogP contribution < -0.4 is 0 Å². The summed E-state index contributed by atoms with van der Waals surface area (Å²) >= 11 is 1.58. The van der Waals surface area contributed by atoms with Gasteiger partial charge in [-0.1, -0.05) is 48.2 Å². The standard InChI is InChI=1S/C18H13N3O2S/c22-21(23)15-7-5-12(6-8-15)11-24-18-19-16-9-13-3-1-2-4-14(13)10-17(16)20-18/h1-10H,11H2,(H,19,20). The quantitative estimate of drug-likeness (QED) is 0.326. The lowest BCUT2D eigenvalue weighted by Gasteiger charge is -1.98. The van der Waals surface area contributed by atoms with Crippen LogP contribution in [-0.4, -0.2) is 14.9 Å². The molecule has 1 aromatic heterocycles. The highest BCUT2D eigenvalue weighted by Crippen LogP contribution is 2.26. The maximum absolute atomic E-state index is 10.7.